The van der Waals surface area contributed by atoms with Crippen LogP contribution in [0.1, 0.15) is 18.4 Å². The lowest BCUT2D eigenvalue weighted by molar-refractivity contribution is -0.131. The number of hydrogen-bond acceptors (Lipinski definition) is 7. The summed E-state index contributed by atoms with van der Waals surface area (Å²) in [7, 11) is 0. The fraction of sp³-hybridized carbons (Fsp3) is 0.333. The van der Waals surface area contributed by atoms with Crippen molar-refractivity contribution in [3.8, 4) is 0 Å². The van der Waals surface area contributed by atoms with E-state index in [0.29, 0.717) is 19.5 Å². The van der Waals surface area contributed by atoms with Crippen molar-refractivity contribution in [3.05, 3.63) is 66.2 Å². The molecule has 3 aromatic rings. The number of anilines is 2. The molecule has 2 amide bonds. The molecule has 0 saturated carbocycles. The maximum Gasteiger partial charge on any atom is 0.234 e. The summed E-state index contributed by atoms with van der Waals surface area (Å²) in [5.74, 6) is 0.445. The number of carbonyl (C=O) groups excluding carboxylic acids is 2. The van der Waals surface area contributed by atoms with Crippen molar-refractivity contribution in [1.29, 1.82) is 0 Å². The molecule has 4 rings (SSSR count). The number of aromatic nitrogens is 2. The first-order valence-corrected chi connectivity index (χ1v) is 12.9. The van der Waals surface area contributed by atoms with Gasteiger partial charge in [-0.15, -0.1) is 10.2 Å². The highest BCUT2D eigenvalue weighted by atomic mass is 32.2. The van der Waals surface area contributed by atoms with Crippen LogP contribution in [0.2, 0.25) is 0 Å². The molecule has 1 saturated heterocycles. The highest BCUT2D eigenvalue weighted by Gasteiger charge is 2.23. The van der Waals surface area contributed by atoms with Gasteiger partial charge in [0.2, 0.25) is 16.9 Å². The molecule has 1 aliphatic rings. The molecule has 172 valence electrons. The molecule has 7 nitrogen and oxygen atoms in total. The molecule has 0 radical (unpaired) electrons. The van der Waals surface area contributed by atoms with E-state index < -0.39 is 0 Å². The van der Waals surface area contributed by atoms with E-state index in [0.717, 1.165) is 41.1 Å². The largest absolute Gasteiger partial charge is 0.343 e. The summed E-state index contributed by atoms with van der Waals surface area (Å²) in [4.78, 5) is 28.8. The Labute approximate surface area is 202 Å². The number of amides is 2. The second kappa shape index (κ2) is 11.8. The number of benzene rings is 2. The minimum atomic E-state index is -0.0673. The van der Waals surface area contributed by atoms with E-state index in [-0.39, 0.29) is 17.6 Å². The zero-order valence-electron chi connectivity index (χ0n) is 18.4. The Morgan fingerprint density at radius 1 is 0.939 bits per heavy atom. The van der Waals surface area contributed by atoms with Gasteiger partial charge in [0.1, 0.15) is 0 Å². The van der Waals surface area contributed by atoms with E-state index in [1.54, 1.807) is 0 Å². The van der Waals surface area contributed by atoms with E-state index in [1.165, 1.54) is 28.7 Å². The van der Waals surface area contributed by atoms with Crippen LogP contribution >= 0.6 is 23.1 Å². The number of thioether (sulfide) groups is 1. The van der Waals surface area contributed by atoms with Gasteiger partial charge < -0.3 is 15.1 Å². The summed E-state index contributed by atoms with van der Waals surface area (Å²) in [6.07, 6.45) is 2.39. The van der Waals surface area contributed by atoms with Crippen molar-refractivity contribution in [2.45, 2.75) is 23.6 Å². The molecule has 0 spiro atoms. The number of hydrogen-bond donors (Lipinski definition) is 1. The Balaban J connectivity index is 1.17. The predicted molar refractivity (Wildman–Crippen MR) is 134 cm³/mol. The maximum atomic E-state index is 12.6. The Morgan fingerprint density at radius 3 is 2.36 bits per heavy atom. The van der Waals surface area contributed by atoms with Gasteiger partial charge in [0.25, 0.3) is 0 Å². The second-order valence-electron chi connectivity index (χ2n) is 7.76. The van der Waals surface area contributed by atoms with E-state index in [4.69, 9.17) is 0 Å². The van der Waals surface area contributed by atoms with Gasteiger partial charge in [0, 0.05) is 38.3 Å². The summed E-state index contributed by atoms with van der Waals surface area (Å²) in [5.41, 5.74) is 2.06. The first-order valence-electron chi connectivity index (χ1n) is 11.1. The van der Waals surface area contributed by atoms with Gasteiger partial charge in [-0.3, -0.25) is 9.59 Å². The molecule has 9 heteroatoms. The SMILES string of the molecule is O=C(CSc1nnc(N2CCN(C(=O)CCCc3ccccc3)CC2)s1)Nc1ccccc1. The highest BCUT2D eigenvalue weighted by molar-refractivity contribution is 8.01. The highest BCUT2D eigenvalue weighted by Crippen LogP contribution is 2.28. The maximum absolute atomic E-state index is 12.6. The Hall–Kier alpha value is -2.91. The van der Waals surface area contributed by atoms with Crippen molar-refractivity contribution in [2.24, 2.45) is 0 Å². The van der Waals surface area contributed by atoms with Crippen LogP contribution in [-0.4, -0.2) is 58.8 Å². The lowest BCUT2D eigenvalue weighted by Crippen LogP contribution is -2.48. The molecule has 0 atom stereocenters. The smallest absolute Gasteiger partial charge is 0.234 e. The molecular formula is C24H27N5O2S2. The van der Waals surface area contributed by atoms with E-state index in [1.807, 2.05) is 53.4 Å². The van der Waals surface area contributed by atoms with Crippen LogP contribution < -0.4 is 10.2 Å². The molecule has 2 heterocycles. The number of piperazine rings is 1. The summed E-state index contributed by atoms with van der Waals surface area (Å²) >= 11 is 2.88. The number of aryl methyl sites for hydroxylation is 1. The summed E-state index contributed by atoms with van der Waals surface area (Å²) in [6.45, 7) is 2.90. The Bertz CT molecular complexity index is 1040. The summed E-state index contributed by atoms with van der Waals surface area (Å²) in [5, 5.41) is 12.2. The van der Waals surface area contributed by atoms with Gasteiger partial charge in [-0.1, -0.05) is 71.6 Å². The molecule has 1 fully saturated rings. The monoisotopic (exact) mass is 481 g/mol. The zero-order valence-corrected chi connectivity index (χ0v) is 20.0. The minimum absolute atomic E-state index is 0.0673. The van der Waals surface area contributed by atoms with E-state index in [9.17, 15) is 9.59 Å². The van der Waals surface area contributed by atoms with Crippen molar-refractivity contribution < 1.29 is 9.59 Å². The lowest BCUT2D eigenvalue weighted by atomic mass is 10.1. The summed E-state index contributed by atoms with van der Waals surface area (Å²) in [6, 6.07) is 19.7. The van der Waals surface area contributed by atoms with E-state index >= 15 is 0 Å². The van der Waals surface area contributed by atoms with Crippen LogP contribution in [0.15, 0.2) is 65.0 Å². The molecule has 33 heavy (non-hydrogen) atoms. The van der Waals surface area contributed by atoms with Crippen LogP contribution in [0.4, 0.5) is 10.8 Å². The predicted octanol–water partition coefficient (Wildman–Crippen LogP) is 3.94. The normalized spacial score (nSPS) is 13.7. The lowest BCUT2D eigenvalue weighted by Gasteiger charge is -2.34. The fourth-order valence-electron chi connectivity index (χ4n) is 3.63. The number of rotatable bonds is 9. The van der Waals surface area contributed by atoms with Crippen molar-refractivity contribution in [2.75, 3.05) is 42.1 Å². The third kappa shape index (κ3) is 7.03. The van der Waals surface area contributed by atoms with Crippen molar-refractivity contribution in [1.82, 2.24) is 15.1 Å². The molecule has 2 aromatic carbocycles. The standard InChI is InChI=1S/C24H27N5O2S2/c30-21(25-20-11-5-2-6-12-20)18-32-24-27-26-23(33-24)29-16-14-28(15-17-29)22(31)13-7-10-19-8-3-1-4-9-19/h1-6,8-9,11-12H,7,10,13-18H2,(H,25,30). The fourth-order valence-corrected chi connectivity index (χ4v) is 5.32. The number of nitrogens with zero attached hydrogens (tertiary/aromatic N) is 4. The minimum Gasteiger partial charge on any atom is -0.343 e. The third-order valence-corrected chi connectivity index (χ3v) is 7.50. The zero-order chi connectivity index (χ0) is 22.9. The second-order valence-corrected chi connectivity index (χ2v) is 9.94. The molecule has 0 unspecified atom stereocenters. The molecule has 1 N–H and O–H groups in total. The van der Waals surface area contributed by atoms with Crippen molar-refractivity contribution >= 4 is 45.7 Å². The first kappa shape index (κ1) is 23.3. The first-order chi connectivity index (χ1) is 16.2. The van der Waals surface area contributed by atoms with Crippen LogP contribution in [-0.2, 0) is 16.0 Å². The quantitative estimate of drug-likeness (QED) is 0.467. The van der Waals surface area contributed by atoms with Gasteiger partial charge in [-0.2, -0.15) is 0 Å². The molecule has 1 aliphatic heterocycles. The number of carbonyl (C=O) groups is 2. The van der Waals surface area contributed by atoms with Crippen LogP contribution in [0.3, 0.4) is 0 Å². The van der Waals surface area contributed by atoms with E-state index in [2.05, 4.69) is 32.5 Å². The van der Waals surface area contributed by atoms with Gasteiger partial charge >= 0.3 is 0 Å². The van der Waals surface area contributed by atoms with Gasteiger partial charge in [0.05, 0.1) is 5.75 Å². The molecule has 0 bridgehead atoms. The average molecular weight is 482 g/mol. The van der Waals surface area contributed by atoms with Gasteiger partial charge in [0.15, 0.2) is 4.34 Å². The average Bonchev–Trinajstić information content (AvgIpc) is 3.33. The number of para-hydroxylation sites is 1. The van der Waals surface area contributed by atoms with Gasteiger partial charge in [-0.05, 0) is 30.5 Å². The van der Waals surface area contributed by atoms with Crippen LogP contribution in [0.25, 0.3) is 0 Å². The Kier molecular flexibility index (Phi) is 8.32. The van der Waals surface area contributed by atoms with Crippen LogP contribution in [0.5, 0.6) is 0 Å². The molecular weight excluding hydrogens is 454 g/mol. The molecule has 0 aliphatic carbocycles. The number of nitrogens with one attached hydrogen (secondary N) is 1. The topological polar surface area (TPSA) is 78.4 Å². The van der Waals surface area contributed by atoms with Gasteiger partial charge in [-0.25, -0.2) is 0 Å². The Morgan fingerprint density at radius 2 is 1.64 bits per heavy atom. The summed E-state index contributed by atoms with van der Waals surface area (Å²) < 4.78 is 0.771. The van der Waals surface area contributed by atoms with Crippen LogP contribution in [0, 0.1) is 0 Å². The third-order valence-electron chi connectivity index (χ3n) is 5.38. The van der Waals surface area contributed by atoms with Crippen molar-refractivity contribution in [3.63, 3.8) is 0 Å². The molecule has 1 aromatic heterocycles.